The summed E-state index contributed by atoms with van der Waals surface area (Å²) >= 11 is 0. The minimum absolute atomic E-state index is 0.0800. The van der Waals surface area contributed by atoms with Gasteiger partial charge in [0.25, 0.3) is 0 Å². The lowest BCUT2D eigenvalue weighted by molar-refractivity contribution is -0.0725. The highest BCUT2D eigenvalue weighted by atomic mass is 16.5. The van der Waals surface area contributed by atoms with Crippen LogP contribution in [0.4, 0.5) is 0 Å². The summed E-state index contributed by atoms with van der Waals surface area (Å²) in [7, 11) is 0. The standard InChI is InChI=1S/C15H21NO/c1-12-3-2-4-13(9-12)15(16)10-14(11-15)5-7-17-8-6-14/h2-4,9H,5-8,10-11,16H2,1H3. The van der Waals surface area contributed by atoms with Crippen LogP contribution in [0.3, 0.4) is 0 Å². The third-order valence-corrected chi connectivity index (χ3v) is 4.53. The largest absolute Gasteiger partial charge is 0.381 e. The highest BCUT2D eigenvalue weighted by Gasteiger charge is 2.53. The molecule has 3 rings (SSSR count). The summed E-state index contributed by atoms with van der Waals surface area (Å²) in [6.07, 6.45) is 4.65. The molecule has 1 saturated carbocycles. The second kappa shape index (κ2) is 3.82. The maximum atomic E-state index is 6.56. The van der Waals surface area contributed by atoms with Crippen molar-refractivity contribution in [2.45, 2.75) is 38.1 Å². The number of rotatable bonds is 1. The number of hydrogen-bond acceptors (Lipinski definition) is 2. The number of hydrogen-bond donors (Lipinski definition) is 1. The molecule has 0 amide bonds. The van der Waals surface area contributed by atoms with Gasteiger partial charge in [-0.3, -0.25) is 0 Å². The summed E-state index contributed by atoms with van der Waals surface area (Å²) < 4.78 is 5.45. The van der Waals surface area contributed by atoms with Crippen LogP contribution in [-0.4, -0.2) is 13.2 Å². The highest BCUT2D eigenvalue weighted by molar-refractivity contribution is 5.32. The summed E-state index contributed by atoms with van der Waals surface area (Å²) in [6.45, 7) is 3.98. The molecule has 17 heavy (non-hydrogen) atoms. The zero-order chi connectivity index (χ0) is 11.9. The Bertz CT molecular complexity index is 413. The molecule has 1 spiro atoms. The Balaban J connectivity index is 1.77. The van der Waals surface area contributed by atoms with Gasteiger partial charge in [0.2, 0.25) is 0 Å². The van der Waals surface area contributed by atoms with Crippen molar-refractivity contribution in [3.8, 4) is 0 Å². The van der Waals surface area contributed by atoms with Crippen molar-refractivity contribution in [3.05, 3.63) is 35.4 Å². The zero-order valence-corrected chi connectivity index (χ0v) is 10.5. The van der Waals surface area contributed by atoms with Crippen molar-refractivity contribution in [3.63, 3.8) is 0 Å². The van der Waals surface area contributed by atoms with Gasteiger partial charge in [-0.15, -0.1) is 0 Å². The summed E-state index contributed by atoms with van der Waals surface area (Å²) in [6, 6.07) is 8.68. The molecule has 2 nitrogen and oxygen atoms in total. The molecule has 0 radical (unpaired) electrons. The van der Waals surface area contributed by atoms with Gasteiger partial charge in [0.05, 0.1) is 0 Å². The molecule has 0 bridgehead atoms. The van der Waals surface area contributed by atoms with Crippen LogP contribution in [0.2, 0.25) is 0 Å². The number of benzene rings is 1. The zero-order valence-electron chi connectivity index (χ0n) is 10.5. The van der Waals surface area contributed by atoms with Crippen LogP contribution in [0, 0.1) is 12.3 Å². The quantitative estimate of drug-likeness (QED) is 0.806. The van der Waals surface area contributed by atoms with E-state index >= 15 is 0 Å². The first-order valence-electron chi connectivity index (χ1n) is 6.56. The fourth-order valence-electron chi connectivity index (χ4n) is 3.60. The molecule has 2 fully saturated rings. The van der Waals surface area contributed by atoms with E-state index in [4.69, 9.17) is 10.5 Å². The Morgan fingerprint density at radius 1 is 1.18 bits per heavy atom. The van der Waals surface area contributed by atoms with Crippen molar-refractivity contribution in [1.29, 1.82) is 0 Å². The molecule has 1 aromatic rings. The summed E-state index contributed by atoms with van der Waals surface area (Å²) in [5.74, 6) is 0. The maximum Gasteiger partial charge on any atom is 0.0471 e. The Morgan fingerprint density at radius 3 is 2.53 bits per heavy atom. The van der Waals surface area contributed by atoms with Gasteiger partial charge in [-0.25, -0.2) is 0 Å². The van der Waals surface area contributed by atoms with Crippen LogP contribution in [0.5, 0.6) is 0 Å². The third kappa shape index (κ3) is 1.90. The molecule has 0 aromatic heterocycles. The Labute approximate surface area is 103 Å². The Hall–Kier alpha value is -0.860. The van der Waals surface area contributed by atoms with Gasteiger partial charge in [-0.05, 0) is 43.6 Å². The van der Waals surface area contributed by atoms with Gasteiger partial charge in [-0.2, -0.15) is 0 Å². The molecule has 1 aliphatic carbocycles. The van der Waals surface area contributed by atoms with Crippen molar-refractivity contribution in [2.24, 2.45) is 11.1 Å². The molecule has 2 N–H and O–H groups in total. The predicted octanol–water partition coefficient (Wildman–Crippen LogP) is 2.74. The van der Waals surface area contributed by atoms with E-state index in [1.807, 2.05) is 0 Å². The lowest BCUT2D eigenvalue weighted by Crippen LogP contribution is -2.57. The molecular weight excluding hydrogens is 210 g/mol. The lowest BCUT2D eigenvalue weighted by Gasteiger charge is -2.56. The van der Waals surface area contributed by atoms with E-state index in [1.54, 1.807) is 0 Å². The van der Waals surface area contributed by atoms with Crippen molar-refractivity contribution in [2.75, 3.05) is 13.2 Å². The first kappa shape index (κ1) is 11.2. The minimum atomic E-state index is -0.0800. The predicted molar refractivity (Wildman–Crippen MR) is 68.8 cm³/mol. The van der Waals surface area contributed by atoms with Crippen molar-refractivity contribution in [1.82, 2.24) is 0 Å². The monoisotopic (exact) mass is 231 g/mol. The minimum Gasteiger partial charge on any atom is -0.381 e. The van der Waals surface area contributed by atoms with Gasteiger partial charge < -0.3 is 10.5 Å². The second-order valence-electron chi connectivity index (χ2n) is 5.99. The summed E-state index contributed by atoms with van der Waals surface area (Å²) in [4.78, 5) is 0. The summed E-state index contributed by atoms with van der Waals surface area (Å²) in [5, 5.41) is 0. The average molecular weight is 231 g/mol. The molecule has 1 heterocycles. The first-order valence-corrected chi connectivity index (χ1v) is 6.56. The highest BCUT2D eigenvalue weighted by Crippen LogP contribution is 2.57. The maximum absolute atomic E-state index is 6.56. The molecule has 1 aliphatic heterocycles. The van der Waals surface area contributed by atoms with Gasteiger partial charge in [-0.1, -0.05) is 29.8 Å². The molecule has 0 unspecified atom stereocenters. The first-order chi connectivity index (χ1) is 8.12. The van der Waals surface area contributed by atoms with E-state index in [-0.39, 0.29) is 5.54 Å². The number of nitrogens with two attached hydrogens (primary N) is 1. The van der Waals surface area contributed by atoms with Crippen LogP contribution in [-0.2, 0) is 10.3 Å². The van der Waals surface area contributed by atoms with Crippen LogP contribution in [0.1, 0.15) is 36.8 Å². The van der Waals surface area contributed by atoms with E-state index in [0.717, 1.165) is 26.1 Å². The fourth-order valence-corrected chi connectivity index (χ4v) is 3.60. The number of ether oxygens (including phenoxy) is 1. The normalized spacial score (nSPS) is 25.5. The topological polar surface area (TPSA) is 35.2 Å². The van der Waals surface area contributed by atoms with E-state index in [1.165, 1.54) is 24.0 Å². The van der Waals surface area contributed by atoms with Gasteiger partial charge >= 0.3 is 0 Å². The molecule has 0 atom stereocenters. The fraction of sp³-hybridized carbons (Fsp3) is 0.600. The number of aryl methyl sites for hydroxylation is 1. The lowest BCUT2D eigenvalue weighted by atomic mass is 9.52. The van der Waals surface area contributed by atoms with Gasteiger partial charge in [0, 0.05) is 18.8 Å². The average Bonchev–Trinajstić information content (AvgIpc) is 2.28. The van der Waals surface area contributed by atoms with Crippen LogP contribution in [0.15, 0.2) is 24.3 Å². The molecule has 2 aliphatic rings. The Kier molecular flexibility index (Phi) is 2.53. The summed E-state index contributed by atoms with van der Waals surface area (Å²) in [5.41, 5.74) is 9.58. The van der Waals surface area contributed by atoms with E-state index < -0.39 is 0 Å². The molecular formula is C15H21NO. The smallest absolute Gasteiger partial charge is 0.0471 e. The van der Waals surface area contributed by atoms with Crippen LogP contribution >= 0.6 is 0 Å². The van der Waals surface area contributed by atoms with Crippen molar-refractivity contribution < 1.29 is 4.74 Å². The second-order valence-corrected chi connectivity index (χ2v) is 5.99. The SMILES string of the molecule is Cc1cccc(C2(N)CC3(CCOCC3)C2)c1. The van der Waals surface area contributed by atoms with Crippen LogP contribution < -0.4 is 5.73 Å². The van der Waals surface area contributed by atoms with E-state index in [0.29, 0.717) is 5.41 Å². The van der Waals surface area contributed by atoms with E-state index in [2.05, 4.69) is 31.2 Å². The molecule has 2 heteroatoms. The van der Waals surface area contributed by atoms with Crippen LogP contribution in [0.25, 0.3) is 0 Å². The molecule has 92 valence electrons. The van der Waals surface area contributed by atoms with Gasteiger partial charge in [0.1, 0.15) is 0 Å². The van der Waals surface area contributed by atoms with Crippen molar-refractivity contribution >= 4 is 0 Å². The Morgan fingerprint density at radius 2 is 1.88 bits per heavy atom. The van der Waals surface area contributed by atoms with Gasteiger partial charge in [0.15, 0.2) is 0 Å². The van der Waals surface area contributed by atoms with E-state index in [9.17, 15) is 0 Å². The molecule has 1 aromatic carbocycles. The molecule has 1 saturated heterocycles. The third-order valence-electron chi connectivity index (χ3n) is 4.53.